The SMILES string of the molecule is CCCCCC(=O)N1CCC(N2CCC(C(=O)N3CCN(CC)CC3)CC2)CC1. The van der Waals surface area contributed by atoms with Gasteiger partial charge in [0.05, 0.1) is 0 Å². The van der Waals surface area contributed by atoms with Gasteiger partial charge in [-0.15, -0.1) is 0 Å². The zero-order valence-corrected chi connectivity index (χ0v) is 18.8. The number of carbonyl (C=O) groups excluding carboxylic acids is 2. The molecule has 0 spiro atoms. The van der Waals surface area contributed by atoms with E-state index < -0.39 is 0 Å². The molecular formula is C23H42N4O2. The molecule has 0 atom stereocenters. The number of carbonyl (C=O) groups is 2. The summed E-state index contributed by atoms with van der Waals surface area (Å²) in [7, 11) is 0. The van der Waals surface area contributed by atoms with E-state index in [-0.39, 0.29) is 5.92 Å². The average molecular weight is 407 g/mol. The van der Waals surface area contributed by atoms with E-state index in [1.807, 2.05) is 0 Å². The van der Waals surface area contributed by atoms with Gasteiger partial charge in [-0.25, -0.2) is 0 Å². The van der Waals surface area contributed by atoms with Crippen LogP contribution in [0.15, 0.2) is 0 Å². The Hall–Kier alpha value is -1.14. The summed E-state index contributed by atoms with van der Waals surface area (Å²) < 4.78 is 0. The Morgan fingerprint density at radius 2 is 1.41 bits per heavy atom. The molecule has 6 nitrogen and oxygen atoms in total. The summed E-state index contributed by atoms with van der Waals surface area (Å²) >= 11 is 0. The number of likely N-dealkylation sites (N-methyl/N-ethyl adjacent to an activating group) is 1. The van der Waals surface area contributed by atoms with E-state index in [9.17, 15) is 9.59 Å². The molecule has 0 bridgehead atoms. The third kappa shape index (κ3) is 6.17. The van der Waals surface area contributed by atoms with Gasteiger partial charge in [0.2, 0.25) is 11.8 Å². The molecule has 0 aromatic carbocycles. The Morgan fingerprint density at radius 1 is 0.759 bits per heavy atom. The second kappa shape index (κ2) is 11.3. The molecule has 166 valence electrons. The quantitative estimate of drug-likeness (QED) is 0.609. The largest absolute Gasteiger partial charge is 0.343 e. The maximum Gasteiger partial charge on any atom is 0.225 e. The molecule has 3 rings (SSSR count). The second-order valence-corrected chi connectivity index (χ2v) is 9.14. The molecule has 3 heterocycles. The molecule has 0 saturated carbocycles. The highest BCUT2D eigenvalue weighted by Crippen LogP contribution is 2.26. The number of piperazine rings is 1. The predicted octanol–water partition coefficient (Wildman–Crippen LogP) is 2.43. The van der Waals surface area contributed by atoms with E-state index >= 15 is 0 Å². The molecule has 0 N–H and O–H groups in total. The molecule has 0 unspecified atom stereocenters. The van der Waals surface area contributed by atoms with Crippen molar-refractivity contribution in [2.75, 3.05) is 58.9 Å². The van der Waals surface area contributed by atoms with E-state index in [0.29, 0.717) is 17.9 Å². The van der Waals surface area contributed by atoms with Crippen LogP contribution in [0.4, 0.5) is 0 Å². The van der Waals surface area contributed by atoms with Gasteiger partial charge in [0, 0.05) is 57.6 Å². The number of nitrogens with zero attached hydrogens (tertiary/aromatic N) is 4. The average Bonchev–Trinajstić information content (AvgIpc) is 2.79. The highest BCUT2D eigenvalue weighted by atomic mass is 16.2. The lowest BCUT2D eigenvalue weighted by atomic mass is 9.92. The van der Waals surface area contributed by atoms with Crippen LogP contribution in [-0.2, 0) is 9.59 Å². The van der Waals surface area contributed by atoms with Crippen molar-refractivity contribution in [3.63, 3.8) is 0 Å². The Bertz CT molecular complexity index is 517. The highest BCUT2D eigenvalue weighted by Gasteiger charge is 2.33. The minimum absolute atomic E-state index is 0.222. The summed E-state index contributed by atoms with van der Waals surface area (Å²) in [5, 5.41) is 0. The molecule has 3 saturated heterocycles. The summed E-state index contributed by atoms with van der Waals surface area (Å²) in [4.78, 5) is 34.4. The zero-order chi connectivity index (χ0) is 20.6. The van der Waals surface area contributed by atoms with E-state index in [1.165, 1.54) is 6.42 Å². The Labute approximate surface area is 177 Å². The molecule has 6 heteroatoms. The molecule has 0 aromatic rings. The van der Waals surface area contributed by atoms with Crippen molar-refractivity contribution < 1.29 is 9.59 Å². The second-order valence-electron chi connectivity index (χ2n) is 9.14. The van der Waals surface area contributed by atoms with Crippen LogP contribution in [0.25, 0.3) is 0 Å². The summed E-state index contributed by atoms with van der Waals surface area (Å²) in [5.74, 6) is 0.969. The number of piperidine rings is 2. The van der Waals surface area contributed by atoms with Gasteiger partial charge >= 0.3 is 0 Å². The van der Waals surface area contributed by atoms with Crippen molar-refractivity contribution in [3.05, 3.63) is 0 Å². The lowest BCUT2D eigenvalue weighted by Crippen LogP contribution is -2.53. The smallest absolute Gasteiger partial charge is 0.225 e. The van der Waals surface area contributed by atoms with E-state index in [2.05, 4.69) is 33.4 Å². The van der Waals surface area contributed by atoms with Crippen molar-refractivity contribution in [1.29, 1.82) is 0 Å². The highest BCUT2D eigenvalue weighted by molar-refractivity contribution is 5.79. The van der Waals surface area contributed by atoms with E-state index in [4.69, 9.17) is 0 Å². The van der Waals surface area contributed by atoms with Crippen LogP contribution in [0.5, 0.6) is 0 Å². The summed E-state index contributed by atoms with van der Waals surface area (Å²) in [6, 6.07) is 0.596. The Balaban J connectivity index is 1.36. The molecule has 3 aliphatic rings. The minimum Gasteiger partial charge on any atom is -0.343 e. The Kier molecular flexibility index (Phi) is 8.79. The van der Waals surface area contributed by atoms with Gasteiger partial charge in [-0.05, 0) is 51.7 Å². The fourth-order valence-corrected chi connectivity index (χ4v) is 5.22. The van der Waals surface area contributed by atoms with E-state index in [0.717, 1.165) is 104 Å². The monoisotopic (exact) mass is 406 g/mol. The van der Waals surface area contributed by atoms with Gasteiger partial charge < -0.3 is 19.6 Å². The van der Waals surface area contributed by atoms with Crippen LogP contribution < -0.4 is 0 Å². The van der Waals surface area contributed by atoms with Crippen molar-refractivity contribution in [2.24, 2.45) is 5.92 Å². The van der Waals surface area contributed by atoms with Crippen molar-refractivity contribution >= 4 is 11.8 Å². The molecule has 3 aliphatic heterocycles. The molecular weight excluding hydrogens is 364 g/mol. The first kappa shape index (κ1) is 22.5. The van der Waals surface area contributed by atoms with Crippen LogP contribution >= 0.6 is 0 Å². The van der Waals surface area contributed by atoms with Crippen LogP contribution in [0.2, 0.25) is 0 Å². The molecule has 29 heavy (non-hydrogen) atoms. The number of unbranched alkanes of at least 4 members (excludes halogenated alkanes) is 2. The van der Waals surface area contributed by atoms with Crippen molar-refractivity contribution in [2.45, 2.75) is 71.3 Å². The normalized spacial score (nSPS) is 23.5. The summed E-state index contributed by atoms with van der Waals surface area (Å²) in [6.07, 6.45) is 8.27. The first-order valence-corrected chi connectivity index (χ1v) is 12.1. The van der Waals surface area contributed by atoms with Crippen LogP contribution in [-0.4, -0.2) is 96.4 Å². The van der Waals surface area contributed by atoms with E-state index in [1.54, 1.807) is 0 Å². The third-order valence-corrected chi connectivity index (χ3v) is 7.34. The zero-order valence-electron chi connectivity index (χ0n) is 18.8. The fraction of sp³-hybridized carbons (Fsp3) is 0.913. The molecule has 0 aliphatic carbocycles. The lowest BCUT2D eigenvalue weighted by molar-refractivity contribution is -0.139. The number of rotatable bonds is 7. The summed E-state index contributed by atoms with van der Waals surface area (Å²) in [5.41, 5.74) is 0. The topological polar surface area (TPSA) is 47.1 Å². The predicted molar refractivity (Wildman–Crippen MR) is 117 cm³/mol. The maximum absolute atomic E-state index is 12.9. The minimum atomic E-state index is 0.222. The lowest BCUT2D eigenvalue weighted by Gasteiger charge is -2.43. The molecule has 3 fully saturated rings. The van der Waals surface area contributed by atoms with Crippen LogP contribution in [0.3, 0.4) is 0 Å². The maximum atomic E-state index is 12.9. The van der Waals surface area contributed by atoms with Crippen LogP contribution in [0.1, 0.15) is 65.2 Å². The van der Waals surface area contributed by atoms with Gasteiger partial charge in [0.1, 0.15) is 0 Å². The van der Waals surface area contributed by atoms with Crippen molar-refractivity contribution in [3.8, 4) is 0 Å². The number of amides is 2. The van der Waals surface area contributed by atoms with Crippen LogP contribution in [0, 0.1) is 5.92 Å². The van der Waals surface area contributed by atoms with Gasteiger partial charge in [0.15, 0.2) is 0 Å². The number of hydrogen-bond donors (Lipinski definition) is 0. The van der Waals surface area contributed by atoms with Gasteiger partial charge in [0.25, 0.3) is 0 Å². The molecule has 0 aromatic heterocycles. The summed E-state index contributed by atoms with van der Waals surface area (Å²) in [6.45, 7) is 13.2. The molecule has 0 radical (unpaired) electrons. The molecule has 2 amide bonds. The first-order chi connectivity index (χ1) is 14.1. The van der Waals surface area contributed by atoms with Crippen molar-refractivity contribution in [1.82, 2.24) is 19.6 Å². The first-order valence-electron chi connectivity index (χ1n) is 12.1. The van der Waals surface area contributed by atoms with Gasteiger partial charge in [-0.2, -0.15) is 0 Å². The Morgan fingerprint density at radius 3 is 2.00 bits per heavy atom. The van der Waals surface area contributed by atoms with Gasteiger partial charge in [-0.3, -0.25) is 9.59 Å². The number of hydrogen-bond acceptors (Lipinski definition) is 4. The standard InChI is InChI=1S/C23H42N4O2/c1-3-5-6-7-22(28)26-14-10-21(11-15-26)25-12-8-20(9-13-25)23(29)27-18-16-24(4-2)17-19-27/h20-21H,3-19H2,1-2H3. The van der Waals surface area contributed by atoms with Gasteiger partial charge in [-0.1, -0.05) is 26.7 Å². The third-order valence-electron chi connectivity index (χ3n) is 7.34. The fourth-order valence-electron chi connectivity index (χ4n) is 5.22. The number of likely N-dealkylation sites (tertiary alicyclic amines) is 2.